The highest BCUT2D eigenvalue weighted by Gasteiger charge is 2.32. The van der Waals surface area contributed by atoms with E-state index in [-0.39, 0.29) is 30.8 Å². The summed E-state index contributed by atoms with van der Waals surface area (Å²) in [7, 11) is 4.16. The van der Waals surface area contributed by atoms with Crippen molar-refractivity contribution < 1.29 is 32.8 Å². The quantitative estimate of drug-likeness (QED) is 0.178. The fraction of sp³-hybridized carbons (Fsp3) is 0.560. The number of hydrogen-bond donors (Lipinski definition) is 1. The van der Waals surface area contributed by atoms with Crippen LogP contribution in [0.15, 0.2) is 47.1 Å². The molecule has 0 aliphatic carbocycles. The van der Waals surface area contributed by atoms with E-state index in [1.807, 2.05) is 24.3 Å². The molecule has 2 aliphatic heterocycles. The van der Waals surface area contributed by atoms with Crippen molar-refractivity contribution in [2.24, 2.45) is 0 Å². The number of rotatable bonds is 12. The van der Waals surface area contributed by atoms with Gasteiger partial charge in [0.15, 0.2) is 0 Å². The molecular weight excluding hydrogens is 500 g/mol. The summed E-state index contributed by atoms with van der Waals surface area (Å²) in [5.74, 6) is 1.14. The van der Waals surface area contributed by atoms with E-state index in [4.69, 9.17) is 32.8 Å². The molecule has 4 rings (SSSR count). The first-order valence-corrected chi connectivity index (χ1v) is 13.5. The lowest BCUT2D eigenvalue weighted by molar-refractivity contribution is -0.227. The van der Waals surface area contributed by atoms with Crippen LogP contribution in [-0.2, 0) is 36.8 Å². The highest BCUT2D eigenvalue weighted by atomic mass is 32.1. The monoisotopic (exact) mass is 535 g/mol. The van der Waals surface area contributed by atoms with Crippen molar-refractivity contribution >= 4 is 27.5 Å². The van der Waals surface area contributed by atoms with E-state index in [1.54, 1.807) is 13.4 Å². The minimum atomic E-state index is -0.562. The van der Waals surface area contributed by atoms with Crippen LogP contribution in [0.1, 0.15) is 55.5 Å². The van der Waals surface area contributed by atoms with Crippen molar-refractivity contribution in [3.63, 3.8) is 0 Å². The number of ether oxygens (including phenoxy) is 5. The summed E-state index contributed by atoms with van der Waals surface area (Å²) < 4.78 is 40.4. The lowest BCUT2D eigenvalue weighted by Crippen LogP contribution is -2.36. The number of nitrogens with zero attached hydrogens (tertiary/aromatic N) is 1. The van der Waals surface area contributed by atoms with Crippen LogP contribution >= 0.6 is 21.6 Å². The van der Waals surface area contributed by atoms with E-state index in [9.17, 15) is 0 Å². The maximum absolute atomic E-state index is 6.33. The lowest BCUT2D eigenvalue weighted by atomic mass is 9.94. The van der Waals surface area contributed by atoms with Crippen LogP contribution in [0.4, 0.5) is 0 Å². The van der Waals surface area contributed by atoms with E-state index in [1.165, 1.54) is 5.57 Å². The maximum Gasteiger partial charge on any atom is 0.380 e. The Morgan fingerprint density at radius 3 is 2.72 bits per heavy atom. The SMILES string of the molecule is C=C1C[C@H](C[C@@H]2CCO[C@H](c3coc(COCc4ccc(OC)cc4)n3)O2)O[C@@H](CCOB(P)S)C1. The topological polar surface area (TPSA) is 81.4 Å². The van der Waals surface area contributed by atoms with Gasteiger partial charge in [0, 0.05) is 13.0 Å². The summed E-state index contributed by atoms with van der Waals surface area (Å²) >= 11 is 4.23. The molecule has 0 bridgehead atoms. The first-order chi connectivity index (χ1) is 17.5. The van der Waals surface area contributed by atoms with Crippen LogP contribution in [0.3, 0.4) is 0 Å². The van der Waals surface area contributed by atoms with Gasteiger partial charge in [-0.3, -0.25) is 0 Å². The third-order valence-electron chi connectivity index (χ3n) is 6.16. The second kappa shape index (κ2) is 14.0. The molecule has 0 N–H and O–H groups in total. The molecule has 5 atom stereocenters. The minimum absolute atomic E-state index is 0.0110. The molecule has 1 unspecified atom stereocenters. The minimum Gasteiger partial charge on any atom is -0.497 e. The largest absolute Gasteiger partial charge is 0.497 e. The maximum atomic E-state index is 6.33. The fourth-order valence-electron chi connectivity index (χ4n) is 4.41. The smallest absolute Gasteiger partial charge is 0.380 e. The number of thiol groups is 1. The zero-order valence-corrected chi connectivity index (χ0v) is 22.7. The van der Waals surface area contributed by atoms with E-state index < -0.39 is 6.29 Å². The molecule has 11 heteroatoms. The predicted molar refractivity (Wildman–Crippen MR) is 143 cm³/mol. The van der Waals surface area contributed by atoms with Crippen molar-refractivity contribution in [3.05, 3.63) is 59.8 Å². The van der Waals surface area contributed by atoms with Gasteiger partial charge in [-0.25, -0.2) is 4.98 Å². The van der Waals surface area contributed by atoms with Gasteiger partial charge in [-0.15, -0.1) is 9.12 Å². The zero-order chi connectivity index (χ0) is 25.3. The molecule has 2 fully saturated rings. The van der Waals surface area contributed by atoms with E-state index in [0.717, 1.165) is 43.4 Å². The van der Waals surface area contributed by atoms with Crippen LogP contribution < -0.4 is 4.74 Å². The molecular formula is C25H35BNO7PS. The van der Waals surface area contributed by atoms with Crippen LogP contribution in [0.25, 0.3) is 0 Å². The Morgan fingerprint density at radius 1 is 1.14 bits per heavy atom. The molecule has 0 saturated carbocycles. The van der Waals surface area contributed by atoms with Gasteiger partial charge in [-0.1, -0.05) is 24.3 Å². The lowest BCUT2D eigenvalue weighted by Gasteiger charge is -2.36. The van der Waals surface area contributed by atoms with Gasteiger partial charge in [0.1, 0.15) is 24.3 Å². The van der Waals surface area contributed by atoms with Crippen LogP contribution in [0, 0.1) is 0 Å². The van der Waals surface area contributed by atoms with Crippen molar-refractivity contribution in [3.8, 4) is 5.75 Å². The van der Waals surface area contributed by atoms with Crippen LogP contribution in [0.5, 0.6) is 5.75 Å². The Bertz CT molecular complexity index is 960. The second-order valence-corrected chi connectivity index (χ2v) is 10.8. The van der Waals surface area contributed by atoms with E-state index in [0.29, 0.717) is 31.4 Å². The molecule has 2 aliphatic rings. The predicted octanol–water partition coefficient (Wildman–Crippen LogP) is 4.89. The first kappa shape index (κ1) is 27.6. The summed E-state index contributed by atoms with van der Waals surface area (Å²) in [6, 6.07) is 7.74. The summed E-state index contributed by atoms with van der Waals surface area (Å²) in [6.45, 7) is 6.13. The standard InChI is InChI=1S/C25H35BNO7PS/c1-17-11-20(8-10-32-26(35)36)33-22(12-17)13-21-7-9-30-25(34-21)23-15-31-24(27-23)16-29-14-18-3-5-19(28-2)6-4-18/h3-6,15,20-22,25,36H,1,7-14,16,35H2,2H3/t20-,21-,22+,25-/m0/s1. The average Bonchev–Trinajstić information content (AvgIpc) is 3.33. The molecule has 0 amide bonds. The molecule has 0 spiro atoms. The third kappa shape index (κ3) is 8.59. The average molecular weight is 535 g/mol. The molecule has 2 saturated heterocycles. The molecule has 2 aromatic rings. The zero-order valence-electron chi connectivity index (χ0n) is 20.7. The Balaban J connectivity index is 1.22. The van der Waals surface area contributed by atoms with Gasteiger partial charge in [-0.2, -0.15) is 12.5 Å². The van der Waals surface area contributed by atoms with E-state index >= 15 is 0 Å². The highest BCUT2D eigenvalue weighted by Crippen LogP contribution is 2.33. The van der Waals surface area contributed by atoms with Gasteiger partial charge in [0.2, 0.25) is 12.2 Å². The Kier molecular flexibility index (Phi) is 10.7. The van der Waals surface area contributed by atoms with E-state index in [2.05, 4.69) is 33.2 Å². The van der Waals surface area contributed by atoms with Gasteiger partial charge < -0.3 is 32.8 Å². The van der Waals surface area contributed by atoms with Crippen molar-refractivity contribution in [2.45, 2.75) is 69.9 Å². The normalized spacial score (nSPS) is 24.6. The van der Waals surface area contributed by atoms with Gasteiger partial charge in [0.05, 0.1) is 38.6 Å². The summed E-state index contributed by atoms with van der Waals surface area (Å²) in [6.07, 6.45) is 5.34. The van der Waals surface area contributed by atoms with Gasteiger partial charge in [0.25, 0.3) is 0 Å². The molecule has 36 heavy (non-hydrogen) atoms. The van der Waals surface area contributed by atoms with Gasteiger partial charge in [-0.05, 0) is 43.4 Å². The van der Waals surface area contributed by atoms with Crippen molar-refractivity contribution in [1.82, 2.24) is 4.98 Å². The molecule has 0 radical (unpaired) electrons. The van der Waals surface area contributed by atoms with Crippen LogP contribution in [-0.4, -0.2) is 49.5 Å². The molecule has 1 aromatic heterocycles. The Hall–Kier alpha value is -1.39. The van der Waals surface area contributed by atoms with Crippen LogP contribution in [0.2, 0.25) is 0 Å². The molecule has 196 valence electrons. The summed E-state index contributed by atoms with van der Waals surface area (Å²) in [5.41, 5.74) is 2.87. The Morgan fingerprint density at radius 2 is 1.94 bits per heavy atom. The number of aromatic nitrogens is 1. The number of hydrogen-bond acceptors (Lipinski definition) is 9. The molecule has 8 nitrogen and oxygen atoms in total. The second-order valence-electron chi connectivity index (χ2n) is 9.08. The number of oxazole rings is 1. The first-order valence-electron chi connectivity index (χ1n) is 12.3. The number of methoxy groups -OCH3 is 1. The number of benzene rings is 1. The van der Waals surface area contributed by atoms with Crippen molar-refractivity contribution in [1.29, 1.82) is 0 Å². The fourth-order valence-corrected chi connectivity index (χ4v) is 4.65. The van der Waals surface area contributed by atoms with Gasteiger partial charge >= 0.3 is 5.91 Å². The summed E-state index contributed by atoms with van der Waals surface area (Å²) in [5, 5.41) is 0. The molecule has 3 heterocycles. The van der Waals surface area contributed by atoms with Crippen molar-refractivity contribution in [2.75, 3.05) is 20.3 Å². The molecule has 1 aromatic carbocycles. The highest BCUT2D eigenvalue weighted by molar-refractivity contribution is 8.23. The third-order valence-corrected chi connectivity index (χ3v) is 6.50. The Labute approximate surface area is 221 Å². The summed E-state index contributed by atoms with van der Waals surface area (Å²) in [4.78, 5) is 4.52.